The van der Waals surface area contributed by atoms with Crippen molar-refractivity contribution in [1.82, 2.24) is 10.2 Å². The van der Waals surface area contributed by atoms with Crippen molar-refractivity contribution < 1.29 is 14.3 Å². The summed E-state index contributed by atoms with van der Waals surface area (Å²) in [6.45, 7) is 3.91. The van der Waals surface area contributed by atoms with Crippen LogP contribution in [-0.4, -0.2) is 29.5 Å². The van der Waals surface area contributed by atoms with E-state index >= 15 is 0 Å². The molecule has 0 saturated heterocycles. The number of hydrogen-bond acceptors (Lipinski definition) is 3. The number of nitrogens with one attached hydrogen (secondary N) is 1. The minimum atomic E-state index is -0.507. The molecule has 1 aromatic rings. The average molecular weight is 379 g/mol. The highest BCUT2D eigenvalue weighted by atomic mass is 79.9. The van der Waals surface area contributed by atoms with Gasteiger partial charge in [0.1, 0.15) is 0 Å². The van der Waals surface area contributed by atoms with Crippen molar-refractivity contribution in [1.29, 1.82) is 0 Å². The van der Waals surface area contributed by atoms with Crippen molar-refractivity contribution >= 4 is 27.9 Å². The summed E-state index contributed by atoms with van der Waals surface area (Å²) < 4.78 is 6.08. The molecule has 1 atom stereocenters. The van der Waals surface area contributed by atoms with E-state index in [1.54, 1.807) is 11.8 Å². The van der Waals surface area contributed by atoms with Crippen molar-refractivity contribution in [3.63, 3.8) is 0 Å². The number of nitrogens with zero attached hydrogens (tertiary/aromatic N) is 1. The Morgan fingerprint density at radius 3 is 2.70 bits per heavy atom. The van der Waals surface area contributed by atoms with Crippen molar-refractivity contribution in [3.05, 3.63) is 45.6 Å². The fourth-order valence-electron chi connectivity index (χ4n) is 2.95. The topological polar surface area (TPSA) is 58.6 Å². The molecule has 1 aliphatic heterocycles. The average Bonchev–Trinajstić information content (AvgIpc) is 3.32. The summed E-state index contributed by atoms with van der Waals surface area (Å²) in [5.41, 5.74) is 2.04. The summed E-state index contributed by atoms with van der Waals surface area (Å²) in [5, 5.41) is 2.96. The molecule has 1 N–H and O–H groups in total. The number of esters is 1. The van der Waals surface area contributed by atoms with Gasteiger partial charge in [-0.3, -0.25) is 4.90 Å². The van der Waals surface area contributed by atoms with E-state index in [9.17, 15) is 9.59 Å². The van der Waals surface area contributed by atoms with Crippen LogP contribution in [0.3, 0.4) is 0 Å². The van der Waals surface area contributed by atoms with Gasteiger partial charge >= 0.3 is 12.0 Å². The van der Waals surface area contributed by atoms with Crippen LogP contribution in [0.1, 0.15) is 38.3 Å². The third-order valence-electron chi connectivity index (χ3n) is 4.15. The van der Waals surface area contributed by atoms with Gasteiger partial charge in [0.25, 0.3) is 0 Å². The van der Waals surface area contributed by atoms with Crippen LogP contribution in [0.15, 0.2) is 40.0 Å². The van der Waals surface area contributed by atoms with Crippen LogP contribution in [-0.2, 0) is 9.53 Å². The maximum atomic E-state index is 12.5. The van der Waals surface area contributed by atoms with E-state index in [1.165, 1.54) is 0 Å². The van der Waals surface area contributed by atoms with E-state index in [0.29, 0.717) is 17.9 Å². The fraction of sp³-hybridized carbons (Fsp3) is 0.412. The third kappa shape index (κ3) is 3.00. The Bertz CT molecular complexity index is 682. The first kappa shape index (κ1) is 16.1. The monoisotopic (exact) mass is 378 g/mol. The molecule has 1 heterocycles. The van der Waals surface area contributed by atoms with Crippen molar-refractivity contribution in [2.45, 2.75) is 38.8 Å². The van der Waals surface area contributed by atoms with Crippen LogP contribution in [0, 0.1) is 0 Å². The predicted molar refractivity (Wildman–Crippen MR) is 89.6 cm³/mol. The second kappa shape index (κ2) is 6.35. The van der Waals surface area contributed by atoms with Crippen molar-refractivity contribution in [2.75, 3.05) is 6.61 Å². The molecule has 3 rings (SSSR count). The second-order valence-electron chi connectivity index (χ2n) is 5.72. The number of benzene rings is 1. The Morgan fingerprint density at radius 2 is 2.09 bits per heavy atom. The van der Waals surface area contributed by atoms with E-state index in [2.05, 4.69) is 21.2 Å². The summed E-state index contributed by atoms with van der Waals surface area (Å²) in [6, 6.07) is 7.11. The lowest BCUT2D eigenvalue weighted by Gasteiger charge is -2.35. The SMILES string of the molecule is CCOC(=O)C1=C(C)N(C2CC2)C(=O)NC1c1ccccc1Br. The quantitative estimate of drug-likeness (QED) is 0.815. The summed E-state index contributed by atoms with van der Waals surface area (Å²) in [4.78, 5) is 26.7. The smallest absolute Gasteiger partial charge is 0.338 e. The van der Waals surface area contributed by atoms with Gasteiger partial charge in [0.15, 0.2) is 0 Å². The molecule has 1 fully saturated rings. The van der Waals surface area contributed by atoms with Gasteiger partial charge in [-0.05, 0) is 38.3 Å². The Hall–Kier alpha value is -1.82. The maximum absolute atomic E-state index is 12.5. The summed E-state index contributed by atoms with van der Waals surface area (Å²) in [7, 11) is 0. The number of carbonyl (C=O) groups excluding carboxylic acids is 2. The largest absolute Gasteiger partial charge is 0.463 e. The van der Waals surface area contributed by atoms with Crippen LogP contribution < -0.4 is 5.32 Å². The second-order valence-corrected chi connectivity index (χ2v) is 6.58. The highest BCUT2D eigenvalue weighted by Gasteiger charge is 2.42. The molecule has 1 aliphatic carbocycles. The number of urea groups is 1. The lowest BCUT2D eigenvalue weighted by Crippen LogP contribution is -2.49. The van der Waals surface area contributed by atoms with Gasteiger partial charge in [0.2, 0.25) is 0 Å². The zero-order valence-corrected chi connectivity index (χ0v) is 14.7. The number of carbonyl (C=O) groups is 2. The number of allylic oxidation sites excluding steroid dienone is 1. The highest BCUT2D eigenvalue weighted by molar-refractivity contribution is 9.10. The molecule has 1 unspecified atom stereocenters. The molecule has 5 nitrogen and oxygen atoms in total. The summed E-state index contributed by atoms with van der Waals surface area (Å²) in [5.74, 6) is -0.378. The van der Waals surface area contributed by atoms with E-state index in [0.717, 1.165) is 22.9 Å². The predicted octanol–water partition coefficient (Wildman–Crippen LogP) is 3.51. The third-order valence-corrected chi connectivity index (χ3v) is 4.87. The first-order valence-corrected chi connectivity index (χ1v) is 8.56. The highest BCUT2D eigenvalue weighted by Crippen LogP contribution is 2.39. The van der Waals surface area contributed by atoms with Gasteiger partial charge in [-0.1, -0.05) is 34.1 Å². The number of halogens is 1. The van der Waals surface area contributed by atoms with E-state index in [1.807, 2.05) is 31.2 Å². The van der Waals surface area contributed by atoms with Crippen LogP contribution in [0.2, 0.25) is 0 Å². The zero-order chi connectivity index (χ0) is 16.6. The Kier molecular flexibility index (Phi) is 4.43. The molecular weight excluding hydrogens is 360 g/mol. The molecule has 1 saturated carbocycles. The normalized spacial score (nSPS) is 21.3. The van der Waals surface area contributed by atoms with Gasteiger partial charge in [-0.15, -0.1) is 0 Å². The van der Waals surface area contributed by atoms with E-state index in [4.69, 9.17) is 4.74 Å². The number of amides is 2. The number of hydrogen-bond donors (Lipinski definition) is 1. The van der Waals surface area contributed by atoms with Crippen LogP contribution in [0.4, 0.5) is 4.79 Å². The Labute approximate surface area is 143 Å². The molecule has 0 spiro atoms. The van der Waals surface area contributed by atoms with Gasteiger partial charge in [0, 0.05) is 16.2 Å². The molecule has 2 amide bonds. The van der Waals surface area contributed by atoms with Crippen molar-refractivity contribution in [3.8, 4) is 0 Å². The Morgan fingerprint density at radius 1 is 1.39 bits per heavy atom. The zero-order valence-electron chi connectivity index (χ0n) is 13.1. The molecule has 0 aromatic heterocycles. The van der Waals surface area contributed by atoms with Gasteiger partial charge < -0.3 is 10.1 Å². The van der Waals surface area contributed by atoms with Crippen molar-refractivity contribution in [2.24, 2.45) is 0 Å². The molecule has 122 valence electrons. The lowest BCUT2D eigenvalue weighted by molar-refractivity contribution is -0.139. The summed E-state index contributed by atoms with van der Waals surface area (Å²) >= 11 is 3.50. The molecule has 0 radical (unpaired) electrons. The molecule has 2 aliphatic rings. The molecule has 6 heteroatoms. The lowest BCUT2D eigenvalue weighted by atomic mass is 9.95. The van der Waals surface area contributed by atoms with Gasteiger partial charge in [0.05, 0.1) is 18.2 Å². The molecule has 0 bridgehead atoms. The number of ether oxygens (including phenoxy) is 1. The minimum Gasteiger partial charge on any atom is -0.463 e. The summed E-state index contributed by atoms with van der Waals surface area (Å²) in [6.07, 6.45) is 1.95. The minimum absolute atomic E-state index is 0.154. The van der Waals surface area contributed by atoms with E-state index < -0.39 is 6.04 Å². The Balaban J connectivity index is 2.08. The standard InChI is InChI=1S/C17H19BrN2O3/c1-3-23-16(21)14-10(2)20(11-8-9-11)17(22)19-15(14)12-6-4-5-7-13(12)18/h4-7,11,15H,3,8-9H2,1-2H3,(H,19,22). The molecule has 23 heavy (non-hydrogen) atoms. The first-order valence-electron chi connectivity index (χ1n) is 7.76. The first-order chi connectivity index (χ1) is 11.0. The fourth-order valence-corrected chi connectivity index (χ4v) is 3.46. The molecule has 1 aromatic carbocycles. The number of rotatable bonds is 4. The molecular formula is C17H19BrN2O3. The van der Waals surface area contributed by atoms with Crippen LogP contribution in [0.25, 0.3) is 0 Å². The van der Waals surface area contributed by atoms with Crippen LogP contribution in [0.5, 0.6) is 0 Å². The van der Waals surface area contributed by atoms with E-state index in [-0.39, 0.29) is 18.0 Å². The van der Waals surface area contributed by atoms with Gasteiger partial charge in [-0.25, -0.2) is 9.59 Å². The van der Waals surface area contributed by atoms with Crippen LogP contribution >= 0.6 is 15.9 Å². The maximum Gasteiger partial charge on any atom is 0.338 e. The van der Waals surface area contributed by atoms with Gasteiger partial charge in [-0.2, -0.15) is 0 Å².